The van der Waals surface area contributed by atoms with Gasteiger partial charge in [0, 0.05) is 6.04 Å². The standard InChI is InChI=1S/C24H23F6NO3/c1-33-21(32)18-12-22(15-5-3-2-4-6-15)20(8-7-19(18)31-22)34-13-14-9-16(23(25,26)27)11-17(10-14)24(28,29)30/h2-6,9-11,18-20,31H,7-8,12-13H2,1H3/t18-,19+,20-,22-/m1/s1. The van der Waals surface area contributed by atoms with Crippen molar-refractivity contribution < 1.29 is 40.6 Å². The molecule has 4 rings (SSSR count). The van der Waals surface area contributed by atoms with Crippen LogP contribution in [-0.2, 0) is 38.8 Å². The van der Waals surface area contributed by atoms with E-state index in [0.29, 0.717) is 31.4 Å². The van der Waals surface area contributed by atoms with Crippen molar-refractivity contribution in [1.82, 2.24) is 5.32 Å². The zero-order chi connectivity index (χ0) is 24.7. The van der Waals surface area contributed by atoms with Gasteiger partial charge >= 0.3 is 18.3 Å². The van der Waals surface area contributed by atoms with Gasteiger partial charge in [0.25, 0.3) is 0 Å². The smallest absolute Gasteiger partial charge is 0.416 e. The molecule has 0 aromatic heterocycles. The van der Waals surface area contributed by atoms with Crippen molar-refractivity contribution in [1.29, 1.82) is 0 Å². The van der Waals surface area contributed by atoms with Crippen LogP contribution in [0.1, 0.15) is 41.5 Å². The van der Waals surface area contributed by atoms with Gasteiger partial charge < -0.3 is 14.8 Å². The van der Waals surface area contributed by atoms with Crippen LogP contribution in [0.3, 0.4) is 0 Å². The Morgan fingerprint density at radius 1 is 1.00 bits per heavy atom. The van der Waals surface area contributed by atoms with Gasteiger partial charge in [0.05, 0.1) is 42.4 Å². The second kappa shape index (κ2) is 8.88. The molecule has 0 amide bonds. The summed E-state index contributed by atoms with van der Waals surface area (Å²) in [7, 11) is 1.31. The van der Waals surface area contributed by atoms with E-state index in [0.717, 1.165) is 5.56 Å². The maximum atomic E-state index is 13.2. The molecule has 2 bridgehead atoms. The van der Waals surface area contributed by atoms with E-state index in [4.69, 9.17) is 9.47 Å². The van der Waals surface area contributed by atoms with Crippen LogP contribution in [0.15, 0.2) is 48.5 Å². The highest BCUT2D eigenvalue weighted by molar-refractivity contribution is 5.74. The lowest BCUT2D eigenvalue weighted by molar-refractivity contribution is -0.146. The molecular weight excluding hydrogens is 464 g/mol. The Bertz CT molecular complexity index is 1010. The van der Waals surface area contributed by atoms with E-state index in [1.54, 1.807) is 0 Å². The van der Waals surface area contributed by atoms with Crippen LogP contribution >= 0.6 is 0 Å². The summed E-state index contributed by atoms with van der Waals surface area (Å²) in [6.07, 6.45) is -9.07. The maximum Gasteiger partial charge on any atom is 0.416 e. The molecule has 0 saturated carbocycles. The van der Waals surface area contributed by atoms with Crippen molar-refractivity contribution in [3.63, 3.8) is 0 Å². The highest BCUT2D eigenvalue weighted by Crippen LogP contribution is 2.48. The number of nitrogens with one attached hydrogen (secondary N) is 1. The van der Waals surface area contributed by atoms with Crippen molar-refractivity contribution in [2.75, 3.05) is 7.11 Å². The summed E-state index contributed by atoms with van der Waals surface area (Å²) in [6, 6.07) is 10.5. The molecule has 2 saturated heterocycles. The summed E-state index contributed by atoms with van der Waals surface area (Å²) < 4.78 is 90.3. The van der Waals surface area contributed by atoms with Crippen molar-refractivity contribution in [2.24, 2.45) is 5.92 Å². The zero-order valence-corrected chi connectivity index (χ0v) is 18.2. The summed E-state index contributed by atoms with van der Waals surface area (Å²) in [5.74, 6) is -0.812. The summed E-state index contributed by atoms with van der Waals surface area (Å²) in [5, 5.41) is 3.46. The fraction of sp³-hybridized carbons (Fsp3) is 0.458. The second-order valence-corrected chi connectivity index (χ2v) is 8.71. The topological polar surface area (TPSA) is 47.6 Å². The van der Waals surface area contributed by atoms with E-state index < -0.39 is 47.6 Å². The molecule has 184 valence electrons. The number of carbonyl (C=O) groups excluding carboxylic acids is 1. The number of rotatable bonds is 5. The number of alkyl halides is 6. The second-order valence-electron chi connectivity index (χ2n) is 8.71. The quantitative estimate of drug-likeness (QED) is 0.450. The molecule has 10 heteroatoms. The Labute approximate surface area is 192 Å². The largest absolute Gasteiger partial charge is 0.469 e. The van der Waals surface area contributed by atoms with E-state index in [9.17, 15) is 31.1 Å². The fourth-order valence-corrected chi connectivity index (χ4v) is 5.10. The van der Waals surface area contributed by atoms with Gasteiger partial charge in [0.2, 0.25) is 0 Å². The Kier molecular flexibility index (Phi) is 6.41. The molecule has 0 spiro atoms. The summed E-state index contributed by atoms with van der Waals surface area (Å²) in [4.78, 5) is 12.4. The van der Waals surface area contributed by atoms with Crippen molar-refractivity contribution in [2.45, 2.75) is 55.9 Å². The van der Waals surface area contributed by atoms with Crippen LogP contribution in [0.4, 0.5) is 26.3 Å². The van der Waals surface area contributed by atoms with Gasteiger partial charge in [-0.1, -0.05) is 30.3 Å². The molecule has 2 heterocycles. The number of carbonyl (C=O) groups is 1. The molecule has 0 radical (unpaired) electrons. The lowest BCUT2D eigenvalue weighted by Gasteiger charge is -2.42. The number of hydrogen-bond acceptors (Lipinski definition) is 4. The normalized spacial score (nSPS) is 27.0. The Hall–Kier alpha value is -2.59. The number of fused-ring (bicyclic) bond motifs is 2. The average molecular weight is 487 g/mol. The van der Waals surface area contributed by atoms with E-state index in [1.807, 2.05) is 30.3 Å². The first-order valence-corrected chi connectivity index (χ1v) is 10.7. The Balaban J connectivity index is 1.64. The number of benzene rings is 2. The number of ether oxygens (including phenoxy) is 2. The molecule has 2 aliphatic rings. The van der Waals surface area contributed by atoms with Gasteiger partial charge in [0.1, 0.15) is 0 Å². The van der Waals surface area contributed by atoms with E-state index in [1.165, 1.54) is 7.11 Å². The van der Waals surface area contributed by atoms with E-state index >= 15 is 0 Å². The lowest BCUT2D eigenvalue weighted by Crippen LogP contribution is -2.54. The van der Waals surface area contributed by atoms with Gasteiger partial charge in [0.15, 0.2) is 0 Å². The summed E-state index contributed by atoms with van der Waals surface area (Å²) in [6.45, 7) is -0.443. The average Bonchev–Trinajstić information content (AvgIpc) is 3.11. The minimum absolute atomic E-state index is 0.0969. The first-order valence-electron chi connectivity index (χ1n) is 10.7. The van der Waals surface area contributed by atoms with Crippen LogP contribution in [0.25, 0.3) is 0 Å². The fourth-order valence-electron chi connectivity index (χ4n) is 5.10. The minimum atomic E-state index is -4.93. The molecule has 0 aliphatic carbocycles. The monoisotopic (exact) mass is 487 g/mol. The van der Waals surface area contributed by atoms with Gasteiger partial charge in [-0.2, -0.15) is 26.3 Å². The van der Waals surface area contributed by atoms with Gasteiger partial charge in [-0.25, -0.2) is 0 Å². The van der Waals surface area contributed by atoms with Gasteiger partial charge in [-0.15, -0.1) is 0 Å². The highest BCUT2D eigenvalue weighted by Gasteiger charge is 2.56. The van der Waals surface area contributed by atoms with E-state index in [2.05, 4.69) is 5.32 Å². The molecule has 1 N–H and O–H groups in total. The predicted octanol–water partition coefficient (Wildman–Crippen LogP) is 5.45. The Morgan fingerprint density at radius 3 is 2.18 bits per heavy atom. The molecule has 0 unspecified atom stereocenters. The number of halogens is 6. The zero-order valence-electron chi connectivity index (χ0n) is 18.2. The SMILES string of the molecule is COC(=O)[C@@H]1C[C@]2(c3ccccc3)N[C@H]1CC[C@H]2OCc1cc(C(F)(F)F)cc(C(F)(F)F)c1. The first-order chi connectivity index (χ1) is 15.9. The van der Waals surface area contributed by atoms with E-state index in [-0.39, 0.29) is 23.6 Å². The van der Waals surface area contributed by atoms with Crippen LogP contribution in [-0.4, -0.2) is 25.2 Å². The Morgan fingerprint density at radius 2 is 1.62 bits per heavy atom. The van der Waals surface area contributed by atoms with Gasteiger partial charge in [-0.3, -0.25) is 4.79 Å². The number of esters is 1. The number of hydrogen-bond donors (Lipinski definition) is 1. The third-order valence-electron chi connectivity index (χ3n) is 6.65. The molecule has 4 nitrogen and oxygen atoms in total. The summed E-state index contributed by atoms with van der Waals surface area (Å²) >= 11 is 0. The third kappa shape index (κ3) is 4.65. The molecule has 2 aliphatic heterocycles. The molecule has 4 atom stereocenters. The number of piperidine rings is 1. The highest BCUT2D eigenvalue weighted by atomic mass is 19.4. The third-order valence-corrected chi connectivity index (χ3v) is 6.65. The van der Waals surface area contributed by atoms with Crippen molar-refractivity contribution in [3.8, 4) is 0 Å². The van der Waals surface area contributed by atoms with Crippen molar-refractivity contribution >= 4 is 5.97 Å². The maximum absolute atomic E-state index is 13.2. The van der Waals surface area contributed by atoms with Crippen LogP contribution in [0.5, 0.6) is 0 Å². The predicted molar refractivity (Wildman–Crippen MR) is 109 cm³/mol. The van der Waals surface area contributed by atoms with Gasteiger partial charge in [-0.05, 0) is 48.6 Å². The first kappa shape index (κ1) is 24.5. The van der Waals surface area contributed by atoms with Crippen LogP contribution in [0, 0.1) is 5.92 Å². The van der Waals surface area contributed by atoms with Crippen LogP contribution < -0.4 is 5.32 Å². The minimum Gasteiger partial charge on any atom is -0.469 e. The molecular formula is C24H23F6NO3. The molecule has 2 fully saturated rings. The van der Waals surface area contributed by atoms with Crippen LogP contribution in [0.2, 0.25) is 0 Å². The number of methoxy groups -OCH3 is 1. The summed E-state index contributed by atoms with van der Waals surface area (Å²) in [5.41, 5.74) is -2.98. The van der Waals surface area contributed by atoms with Crippen molar-refractivity contribution in [3.05, 3.63) is 70.8 Å². The molecule has 2 aromatic rings. The lowest BCUT2D eigenvalue weighted by atomic mass is 9.80. The molecule has 34 heavy (non-hydrogen) atoms. The molecule has 2 aromatic carbocycles.